The lowest BCUT2D eigenvalue weighted by Crippen LogP contribution is -2.36. The van der Waals surface area contributed by atoms with Crippen molar-refractivity contribution in [2.45, 2.75) is 25.3 Å². The third kappa shape index (κ3) is 4.48. The number of hydrazine groups is 1. The Bertz CT molecular complexity index is 326. The first-order valence-corrected chi connectivity index (χ1v) is 5.69. The maximum atomic E-state index is 5.46. The van der Waals surface area contributed by atoms with Crippen LogP contribution >= 0.6 is 15.9 Å². The normalized spacial score (nSPS) is 12.1. The van der Waals surface area contributed by atoms with E-state index >= 15 is 0 Å². The van der Waals surface area contributed by atoms with Crippen molar-refractivity contribution in [3.8, 4) is 12.3 Å². The second-order valence-electron chi connectivity index (χ2n) is 3.44. The molecule has 1 rings (SSSR count). The van der Waals surface area contributed by atoms with E-state index in [-0.39, 0.29) is 6.04 Å². The van der Waals surface area contributed by atoms with Crippen molar-refractivity contribution in [1.29, 1.82) is 0 Å². The number of terminal acetylenes is 1. The Labute approximate surface area is 99.3 Å². The molecule has 1 unspecified atom stereocenters. The van der Waals surface area contributed by atoms with Crippen LogP contribution in [0.15, 0.2) is 28.7 Å². The summed E-state index contributed by atoms with van der Waals surface area (Å²) in [7, 11) is 0. The van der Waals surface area contributed by atoms with Gasteiger partial charge in [-0.2, -0.15) is 0 Å². The second kappa shape index (κ2) is 6.62. The summed E-state index contributed by atoms with van der Waals surface area (Å²) in [6.45, 7) is 0. The van der Waals surface area contributed by atoms with Crippen molar-refractivity contribution in [1.82, 2.24) is 5.43 Å². The minimum atomic E-state index is 0.252. The topological polar surface area (TPSA) is 38.0 Å². The van der Waals surface area contributed by atoms with Gasteiger partial charge in [-0.05, 0) is 30.5 Å². The fourth-order valence-corrected chi connectivity index (χ4v) is 1.67. The third-order valence-corrected chi connectivity index (χ3v) is 2.80. The summed E-state index contributed by atoms with van der Waals surface area (Å²) in [5.74, 6) is 8.09. The maximum Gasteiger partial charge on any atom is 0.0259 e. The Balaban J connectivity index is 2.51. The Morgan fingerprint density at radius 3 is 2.60 bits per heavy atom. The van der Waals surface area contributed by atoms with E-state index in [1.165, 1.54) is 5.56 Å². The van der Waals surface area contributed by atoms with Crippen LogP contribution in [0.4, 0.5) is 0 Å². The highest BCUT2D eigenvalue weighted by molar-refractivity contribution is 9.10. The molecule has 0 heterocycles. The lowest BCUT2D eigenvalue weighted by Gasteiger charge is -2.14. The van der Waals surface area contributed by atoms with Crippen molar-refractivity contribution in [3.05, 3.63) is 34.3 Å². The first kappa shape index (κ1) is 12.3. The predicted octanol–water partition coefficient (Wildman–Crippen LogP) is 2.24. The maximum absolute atomic E-state index is 5.46. The minimum Gasteiger partial charge on any atom is -0.271 e. The van der Waals surface area contributed by atoms with E-state index in [9.17, 15) is 0 Å². The molecule has 15 heavy (non-hydrogen) atoms. The van der Waals surface area contributed by atoms with Crippen LogP contribution in [0.2, 0.25) is 0 Å². The molecule has 3 N–H and O–H groups in total. The van der Waals surface area contributed by atoms with Crippen LogP contribution in [0.3, 0.4) is 0 Å². The lowest BCUT2D eigenvalue weighted by atomic mass is 10.0. The predicted molar refractivity (Wildman–Crippen MR) is 67.0 cm³/mol. The van der Waals surface area contributed by atoms with Gasteiger partial charge in [0.2, 0.25) is 0 Å². The molecule has 0 radical (unpaired) electrons. The Hall–Kier alpha value is -0.820. The van der Waals surface area contributed by atoms with Crippen LogP contribution < -0.4 is 11.3 Å². The quantitative estimate of drug-likeness (QED) is 0.488. The Kier molecular flexibility index (Phi) is 5.41. The Morgan fingerprint density at radius 2 is 2.07 bits per heavy atom. The van der Waals surface area contributed by atoms with E-state index in [2.05, 4.69) is 39.4 Å². The molecule has 1 atom stereocenters. The van der Waals surface area contributed by atoms with Gasteiger partial charge in [-0.25, -0.2) is 0 Å². The standard InChI is InChI=1S/C12H15BrN2/c1-2-3-4-12(15-14)9-10-5-7-11(13)8-6-10/h1,5-8,12,15H,3-4,9,14H2. The largest absolute Gasteiger partial charge is 0.271 e. The summed E-state index contributed by atoms with van der Waals surface area (Å²) in [5, 5.41) is 0. The van der Waals surface area contributed by atoms with E-state index in [1.54, 1.807) is 0 Å². The molecule has 0 saturated carbocycles. The minimum absolute atomic E-state index is 0.252. The van der Waals surface area contributed by atoms with Crippen molar-refractivity contribution >= 4 is 15.9 Å². The van der Waals surface area contributed by atoms with Gasteiger partial charge in [-0.3, -0.25) is 11.3 Å². The number of hydrogen-bond acceptors (Lipinski definition) is 2. The summed E-state index contributed by atoms with van der Waals surface area (Å²) in [6.07, 6.45) is 7.79. The molecule has 1 aromatic carbocycles. The summed E-state index contributed by atoms with van der Waals surface area (Å²) in [6, 6.07) is 8.49. The highest BCUT2D eigenvalue weighted by Gasteiger charge is 2.06. The molecule has 2 nitrogen and oxygen atoms in total. The van der Waals surface area contributed by atoms with Crippen LogP contribution in [-0.4, -0.2) is 6.04 Å². The molecule has 0 saturated heterocycles. The summed E-state index contributed by atoms with van der Waals surface area (Å²) < 4.78 is 1.09. The molecule has 80 valence electrons. The first-order valence-electron chi connectivity index (χ1n) is 4.90. The number of rotatable bonds is 5. The van der Waals surface area contributed by atoms with Gasteiger partial charge < -0.3 is 0 Å². The monoisotopic (exact) mass is 266 g/mol. The van der Waals surface area contributed by atoms with Crippen molar-refractivity contribution in [3.63, 3.8) is 0 Å². The number of benzene rings is 1. The first-order chi connectivity index (χ1) is 7.26. The van der Waals surface area contributed by atoms with Crippen LogP contribution in [0.25, 0.3) is 0 Å². The molecule has 0 aliphatic carbocycles. The van der Waals surface area contributed by atoms with Gasteiger partial charge in [-0.1, -0.05) is 28.1 Å². The molecular formula is C12H15BrN2. The van der Waals surface area contributed by atoms with E-state index in [0.29, 0.717) is 0 Å². The van der Waals surface area contributed by atoms with Crippen molar-refractivity contribution in [2.24, 2.45) is 5.84 Å². The molecule has 0 aliphatic heterocycles. The van der Waals surface area contributed by atoms with Gasteiger partial charge in [0.15, 0.2) is 0 Å². The molecule has 0 amide bonds. The second-order valence-corrected chi connectivity index (χ2v) is 4.35. The van der Waals surface area contributed by atoms with Gasteiger partial charge in [0.25, 0.3) is 0 Å². The SMILES string of the molecule is C#CCCC(Cc1ccc(Br)cc1)NN. The number of nitrogens with two attached hydrogens (primary N) is 1. The molecule has 0 aliphatic rings. The van der Waals surface area contributed by atoms with Crippen LogP contribution in [0.5, 0.6) is 0 Å². The van der Waals surface area contributed by atoms with E-state index in [4.69, 9.17) is 12.3 Å². The number of halogens is 1. The molecule has 0 aromatic heterocycles. The zero-order chi connectivity index (χ0) is 11.1. The molecule has 0 bridgehead atoms. The fourth-order valence-electron chi connectivity index (χ4n) is 1.41. The third-order valence-electron chi connectivity index (χ3n) is 2.27. The summed E-state index contributed by atoms with van der Waals surface area (Å²) in [5.41, 5.74) is 4.05. The van der Waals surface area contributed by atoms with E-state index in [0.717, 1.165) is 23.7 Å². The highest BCUT2D eigenvalue weighted by Crippen LogP contribution is 2.12. The van der Waals surface area contributed by atoms with Crippen LogP contribution in [0.1, 0.15) is 18.4 Å². The molecule has 0 fully saturated rings. The molecule has 0 spiro atoms. The van der Waals surface area contributed by atoms with Gasteiger partial charge >= 0.3 is 0 Å². The fraction of sp³-hybridized carbons (Fsp3) is 0.333. The number of hydrogen-bond donors (Lipinski definition) is 2. The molecule has 1 aromatic rings. The van der Waals surface area contributed by atoms with Crippen molar-refractivity contribution < 1.29 is 0 Å². The smallest absolute Gasteiger partial charge is 0.0259 e. The average Bonchev–Trinajstić information content (AvgIpc) is 2.27. The summed E-state index contributed by atoms with van der Waals surface area (Å²) in [4.78, 5) is 0. The Morgan fingerprint density at radius 1 is 1.40 bits per heavy atom. The average molecular weight is 267 g/mol. The summed E-state index contributed by atoms with van der Waals surface area (Å²) >= 11 is 3.40. The lowest BCUT2D eigenvalue weighted by molar-refractivity contribution is 0.498. The van der Waals surface area contributed by atoms with Gasteiger partial charge in [-0.15, -0.1) is 12.3 Å². The zero-order valence-corrected chi connectivity index (χ0v) is 10.1. The molecular weight excluding hydrogens is 252 g/mol. The van der Waals surface area contributed by atoms with E-state index < -0.39 is 0 Å². The zero-order valence-electron chi connectivity index (χ0n) is 8.54. The van der Waals surface area contributed by atoms with Gasteiger partial charge in [0.1, 0.15) is 0 Å². The van der Waals surface area contributed by atoms with Gasteiger partial charge in [0, 0.05) is 16.9 Å². The van der Waals surface area contributed by atoms with E-state index in [1.807, 2.05) is 12.1 Å². The highest BCUT2D eigenvalue weighted by atomic mass is 79.9. The molecule has 3 heteroatoms. The number of nitrogens with one attached hydrogen (secondary N) is 1. The van der Waals surface area contributed by atoms with Crippen LogP contribution in [0, 0.1) is 12.3 Å². The van der Waals surface area contributed by atoms with Crippen molar-refractivity contribution in [2.75, 3.05) is 0 Å². The van der Waals surface area contributed by atoms with Gasteiger partial charge in [0.05, 0.1) is 0 Å². The van der Waals surface area contributed by atoms with Crippen LogP contribution in [-0.2, 0) is 6.42 Å².